The van der Waals surface area contributed by atoms with Crippen LogP contribution < -0.4 is 0 Å². The molecule has 1 atom stereocenters. The Kier molecular flexibility index (Phi) is 4.59. The normalized spacial score (nSPS) is 12.2. The van der Waals surface area contributed by atoms with E-state index < -0.39 is 0 Å². The first kappa shape index (κ1) is 14.4. The van der Waals surface area contributed by atoms with Gasteiger partial charge in [-0.2, -0.15) is 0 Å². The number of nitrogens with zero attached hydrogens (tertiary/aromatic N) is 4. The van der Waals surface area contributed by atoms with Crippen LogP contribution in [0.5, 0.6) is 0 Å². The standard InChI is InChI=1S/C18H20N4/c1-2-18(16-9-6-12-19-13-16)22-14-17(20-21-22)11-10-15-7-4-3-5-8-15/h3-9,12-14,18H,2,10-11H2,1H3/t18-/m0/s1. The number of benzene rings is 1. The molecule has 0 amide bonds. The van der Waals surface area contributed by atoms with Gasteiger partial charge in [-0.05, 0) is 36.5 Å². The molecule has 3 rings (SSSR count). The van der Waals surface area contributed by atoms with Crippen molar-refractivity contribution >= 4 is 0 Å². The summed E-state index contributed by atoms with van der Waals surface area (Å²) in [6, 6.07) is 14.7. The molecule has 0 radical (unpaired) electrons. The number of pyridine rings is 1. The Morgan fingerprint density at radius 2 is 1.91 bits per heavy atom. The molecule has 2 aromatic heterocycles. The minimum atomic E-state index is 0.201. The van der Waals surface area contributed by atoms with Crippen LogP contribution in [-0.2, 0) is 12.8 Å². The number of hydrogen-bond donors (Lipinski definition) is 0. The topological polar surface area (TPSA) is 43.6 Å². The van der Waals surface area contributed by atoms with E-state index in [1.165, 1.54) is 11.1 Å². The Balaban J connectivity index is 1.70. The highest BCUT2D eigenvalue weighted by molar-refractivity contribution is 5.17. The minimum Gasteiger partial charge on any atom is -0.264 e. The van der Waals surface area contributed by atoms with Crippen LogP contribution in [-0.4, -0.2) is 20.0 Å². The van der Waals surface area contributed by atoms with Gasteiger partial charge in [-0.25, -0.2) is 4.68 Å². The van der Waals surface area contributed by atoms with Crippen molar-refractivity contribution in [3.05, 3.63) is 77.9 Å². The van der Waals surface area contributed by atoms with Gasteiger partial charge in [0, 0.05) is 18.6 Å². The molecule has 22 heavy (non-hydrogen) atoms. The summed E-state index contributed by atoms with van der Waals surface area (Å²) in [5.41, 5.74) is 3.53. The first-order valence-corrected chi connectivity index (χ1v) is 7.71. The predicted molar refractivity (Wildman–Crippen MR) is 86.5 cm³/mol. The van der Waals surface area contributed by atoms with Gasteiger partial charge in [0.2, 0.25) is 0 Å². The van der Waals surface area contributed by atoms with Crippen molar-refractivity contribution in [2.24, 2.45) is 0 Å². The summed E-state index contributed by atoms with van der Waals surface area (Å²) in [6.45, 7) is 2.16. The summed E-state index contributed by atoms with van der Waals surface area (Å²) < 4.78 is 1.96. The Morgan fingerprint density at radius 3 is 2.64 bits per heavy atom. The molecule has 0 N–H and O–H groups in total. The molecular weight excluding hydrogens is 272 g/mol. The summed E-state index contributed by atoms with van der Waals surface area (Å²) in [5, 5.41) is 8.63. The summed E-state index contributed by atoms with van der Waals surface area (Å²) in [5.74, 6) is 0. The molecule has 0 fully saturated rings. The average molecular weight is 292 g/mol. The van der Waals surface area contributed by atoms with E-state index in [9.17, 15) is 0 Å². The first-order valence-electron chi connectivity index (χ1n) is 7.71. The Labute approximate surface area is 130 Å². The molecule has 0 aliphatic heterocycles. The van der Waals surface area contributed by atoms with Gasteiger partial charge in [0.15, 0.2) is 0 Å². The van der Waals surface area contributed by atoms with Gasteiger partial charge in [0.05, 0.1) is 11.7 Å². The van der Waals surface area contributed by atoms with Gasteiger partial charge in [0.1, 0.15) is 0 Å². The zero-order chi connectivity index (χ0) is 15.2. The molecule has 0 spiro atoms. The van der Waals surface area contributed by atoms with E-state index >= 15 is 0 Å². The van der Waals surface area contributed by atoms with E-state index in [1.54, 1.807) is 6.20 Å². The molecule has 0 bridgehead atoms. The monoisotopic (exact) mass is 292 g/mol. The molecule has 4 heteroatoms. The van der Waals surface area contributed by atoms with E-state index in [2.05, 4.69) is 58.7 Å². The Bertz CT molecular complexity index is 691. The van der Waals surface area contributed by atoms with Gasteiger partial charge >= 0.3 is 0 Å². The quantitative estimate of drug-likeness (QED) is 0.699. The summed E-state index contributed by atoms with van der Waals surface area (Å²) in [4.78, 5) is 4.20. The third kappa shape index (κ3) is 3.39. The van der Waals surface area contributed by atoms with Crippen molar-refractivity contribution < 1.29 is 0 Å². The SMILES string of the molecule is CC[C@@H](c1cccnc1)n1cc(CCc2ccccc2)nn1. The van der Waals surface area contributed by atoms with Crippen molar-refractivity contribution in [1.82, 2.24) is 20.0 Å². The summed E-state index contributed by atoms with van der Waals surface area (Å²) in [6.07, 6.45) is 8.62. The lowest BCUT2D eigenvalue weighted by molar-refractivity contribution is 0.492. The number of rotatable bonds is 6. The lowest BCUT2D eigenvalue weighted by Gasteiger charge is -2.14. The fourth-order valence-corrected chi connectivity index (χ4v) is 2.65. The van der Waals surface area contributed by atoms with Crippen molar-refractivity contribution in [2.75, 3.05) is 0 Å². The number of hydrogen-bond acceptors (Lipinski definition) is 3. The highest BCUT2D eigenvalue weighted by Gasteiger charge is 2.13. The number of aryl methyl sites for hydroxylation is 2. The fraction of sp³-hybridized carbons (Fsp3) is 0.278. The van der Waals surface area contributed by atoms with E-state index in [-0.39, 0.29) is 6.04 Å². The molecule has 3 aromatic rings. The second-order valence-corrected chi connectivity index (χ2v) is 5.39. The van der Waals surface area contributed by atoms with Crippen molar-refractivity contribution in [3.8, 4) is 0 Å². The summed E-state index contributed by atoms with van der Waals surface area (Å²) >= 11 is 0. The summed E-state index contributed by atoms with van der Waals surface area (Å²) in [7, 11) is 0. The Hall–Kier alpha value is -2.49. The zero-order valence-electron chi connectivity index (χ0n) is 12.8. The van der Waals surface area contributed by atoms with Crippen molar-refractivity contribution in [3.63, 3.8) is 0 Å². The van der Waals surface area contributed by atoms with Crippen LogP contribution in [0.2, 0.25) is 0 Å². The molecule has 0 saturated carbocycles. The third-order valence-electron chi connectivity index (χ3n) is 3.85. The molecule has 2 heterocycles. The van der Waals surface area contributed by atoms with Crippen molar-refractivity contribution in [1.29, 1.82) is 0 Å². The van der Waals surface area contributed by atoms with Crippen LogP contribution >= 0.6 is 0 Å². The van der Waals surface area contributed by atoms with Crippen LogP contribution in [0.3, 0.4) is 0 Å². The molecule has 0 saturated heterocycles. The van der Waals surface area contributed by atoms with E-state index in [4.69, 9.17) is 0 Å². The minimum absolute atomic E-state index is 0.201. The maximum Gasteiger partial charge on any atom is 0.0830 e. The van der Waals surface area contributed by atoms with Crippen LogP contribution in [0.4, 0.5) is 0 Å². The largest absolute Gasteiger partial charge is 0.264 e. The van der Waals surface area contributed by atoms with Crippen LogP contribution in [0.1, 0.15) is 36.2 Å². The molecule has 0 aliphatic rings. The van der Waals surface area contributed by atoms with Crippen LogP contribution in [0.15, 0.2) is 61.1 Å². The fourth-order valence-electron chi connectivity index (χ4n) is 2.65. The lowest BCUT2D eigenvalue weighted by Crippen LogP contribution is -2.10. The molecule has 0 unspecified atom stereocenters. The van der Waals surface area contributed by atoms with E-state index in [1.807, 2.05) is 23.0 Å². The smallest absolute Gasteiger partial charge is 0.0830 e. The van der Waals surface area contributed by atoms with Gasteiger partial charge in [-0.3, -0.25) is 4.98 Å². The van der Waals surface area contributed by atoms with Gasteiger partial charge in [0.25, 0.3) is 0 Å². The Morgan fingerprint density at radius 1 is 1.05 bits per heavy atom. The maximum absolute atomic E-state index is 4.32. The van der Waals surface area contributed by atoms with E-state index in [0.29, 0.717) is 0 Å². The maximum atomic E-state index is 4.32. The number of aromatic nitrogens is 4. The van der Waals surface area contributed by atoms with Crippen LogP contribution in [0.25, 0.3) is 0 Å². The van der Waals surface area contributed by atoms with Crippen LogP contribution in [0, 0.1) is 0 Å². The van der Waals surface area contributed by atoms with E-state index in [0.717, 1.165) is 25.0 Å². The molecule has 1 aromatic carbocycles. The van der Waals surface area contributed by atoms with Crippen molar-refractivity contribution in [2.45, 2.75) is 32.2 Å². The lowest BCUT2D eigenvalue weighted by atomic mass is 10.1. The molecular formula is C18H20N4. The predicted octanol–water partition coefficient (Wildman–Crippen LogP) is 3.46. The van der Waals surface area contributed by atoms with Gasteiger partial charge in [-0.1, -0.05) is 48.5 Å². The van der Waals surface area contributed by atoms with Gasteiger partial charge in [-0.15, -0.1) is 5.10 Å². The second kappa shape index (κ2) is 6.98. The highest BCUT2D eigenvalue weighted by Crippen LogP contribution is 2.20. The van der Waals surface area contributed by atoms with Gasteiger partial charge < -0.3 is 0 Å². The highest BCUT2D eigenvalue weighted by atomic mass is 15.4. The first-order chi connectivity index (χ1) is 10.9. The zero-order valence-corrected chi connectivity index (χ0v) is 12.8. The third-order valence-corrected chi connectivity index (χ3v) is 3.85. The molecule has 112 valence electrons. The molecule has 0 aliphatic carbocycles. The average Bonchev–Trinajstić information content (AvgIpc) is 3.04. The molecule has 4 nitrogen and oxygen atoms in total. The second-order valence-electron chi connectivity index (χ2n) is 5.39.